The highest BCUT2D eigenvalue weighted by atomic mass is 79.9. The largest absolute Gasteiger partial charge is 0.463 e. The van der Waals surface area contributed by atoms with Crippen molar-refractivity contribution in [2.45, 2.75) is 26.2 Å². The molecule has 0 heterocycles. The van der Waals surface area contributed by atoms with Crippen molar-refractivity contribution < 1.29 is 9.53 Å². The lowest BCUT2D eigenvalue weighted by Crippen LogP contribution is -1.98. The average Bonchev–Trinajstić information content (AvgIpc) is 2.38. The summed E-state index contributed by atoms with van der Waals surface area (Å²) < 4.78 is 4.82. The van der Waals surface area contributed by atoms with Gasteiger partial charge in [0.1, 0.15) is 0 Å². The predicted octanol–water partition coefficient (Wildman–Crippen LogP) is 3.98. The number of rotatable bonds is 7. The van der Waals surface area contributed by atoms with Gasteiger partial charge in [0.15, 0.2) is 0 Å². The van der Waals surface area contributed by atoms with Crippen molar-refractivity contribution in [1.29, 1.82) is 0 Å². The molecule has 0 fully saturated rings. The predicted molar refractivity (Wildman–Crippen MR) is 78.8 cm³/mol. The van der Waals surface area contributed by atoms with E-state index in [-0.39, 0.29) is 5.97 Å². The molecule has 0 aliphatic heterocycles. The summed E-state index contributed by atoms with van der Waals surface area (Å²) in [6.45, 7) is 2.21. The van der Waals surface area contributed by atoms with Crippen LogP contribution in [0, 0.1) is 0 Å². The number of ether oxygens (including phenoxy) is 1. The zero-order valence-corrected chi connectivity index (χ0v) is 12.3. The first kappa shape index (κ1) is 15.0. The number of esters is 1. The van der Waals surface area contributed by atoms with Crippen LogP contribution < -0.4 is 0 Å². The SMILES string of the molecule is CCOC(=O)/C=C/c1ccc(CCCCBr)cc1. The van der Waals surface area contributed by atoms with Gasteiger partial charge in [0.25, 0.3) is 0 Å². The minimum absolute atomic E-state index is 0.293. The zero-order chi connectivity index (χ0) is 13.2. The number of hydrogen-bond acceptors (Lipinski definition) is 2. The first-order chi connectivity index (χ1) is 8.76. The van der Waals surface area contributed by atoms with Crippen molar-refractivity contribution in [3.05, 3.63) is 41.5 Å². The Morgan fingerprint density at radius 3 is 2.61 bits per heavy atom. The highest BCUT2D eigenvalue weighted by Gasteiger charge is 1.95. The Balaban J connectivity index is 2.47. The van der Waals surface area contributed by atoms with E-state index in [0.717, 1.165) is 17.3 Å². The van der Waals surface area contributed by atoms with Crippen LogP contribution in [-0.4, -0.2) is 17.9 Å². The number of unbranched alkanes of at least 4 members (excludes halogenated alkanes) is 1. The molecule has 0 aliphatic rings. The normalized spacial score (nSPS) is 10.8. The fourth-order valence-electron chi connectivity index (χ4n) is 1.57. The summed E-state index contributed by atoms with van der Waals surface area (Å²) in [4.78, 5) is 11.1. The summed E-state index contributed by atoms with van der Waals surface area (Å²) in [6, 6.07) is 8.27. The summed E-state index contributed by atoms with van der Waals surface area (Å²) in [7, 11) is 0. The van der Waals surface area contributed by atoms with Gasteiger partial charge >= 0.3 is 5.97 Å². The number of alkyl halides is 1. The molecule has 0 spiro atoms. The molecular weight excluding hydrogens is 292 g/mol. The third kappa shape index (κ3) is 6.01. The molecule has 1 rings (SSSR count). The van der Waals surface area contributed by atoms with E-state index in [1.165, 1.54) is 24.5 Å². The summed E-state index contributed by atoms with van der Waals surface area (Å²) in [5.41, 5.74) is 2.36. The van der Waals surface area contributed by atoms with Crippen LogP contribution in [0.4, 0.5) is 0 Å². The van der Waals surface area contributed by atoms with Crippen molar-refractivity contribution in [2.24, 2.45) is 0 Å². The van der Waals surface area contributed by atoms with Gasteiger partial charge in [0.2, 0.25) is 0 Å². The molecule has 0 N–H and O–H groups in total. The number of hydrogen-bond donors (Lipinski definition) is 0. The minimum Gasteiger partial charge on any atom is -0.463 e. The Morgan fingerprint density at radius 2 is 2.00 bits per heavy atom. The zero-order valence-electron chi connectivity index (χ0n) is 10.7. The Hall–Kier alpha value is -1.09. The molecule has 0 atom stereocenters. The molecule has 18 heavy (non-hydrogen) atoms. The van der Waals surface area contributed by atoms with Gasteiger partial charge in [-0.3, -0.25) is 0 Å². The minimum atomic E-state index is -0.293. The molecule has 0 radical (unpaired) electrons. The summed E-state index contributed by atoms with van der Waals surface area (Å²) >= 11 is 3.43. The van der Waals surface area contributed by atoms with Gasteiger partial charge < -0.3 is 4.74 Å². The van der Waals surface area contributed by atoms with Crippen molar-refractivity contribution in [1.82, 2.24) is 0 Å². The van der Waals surface area contributed by atoms with Gasteiger partial charge in [-0.2, -0.15) is 0 Å². The summed E-state index contributed by atoms with van der Waals surface area (Å²) in [5, 5.41) is 1.06. The summed E-state index contributed by atoms with van der Waals surface area (Å²) in [6.07, 6.45) is 6.74. The molecular formula is C15H19BrO2. The molecule has 0 unspecified atom stereocenters. The molecule has 0 amide bonds. The van der Waals surface area contributed by atoms with Crippen LogP contribution in [0.1, 0.15) is 30.9 Å². The first-order valence-electron chi connectivity index (χ1n) is 6.26. The second-order valence-corrected chi connectivity index (χ2v) is 4.77. The van der Waals surface area contributed by atoms with Gasteiger partial charge in [-0.05, 0) is 43.4 Å². The highest BCUT2D eigenvalue weighted by Crippen LogP contribution is 2.10. The lowest BCUT2D eigenvalue weighted by molar-refractivity contribution is -0.137. The standard InChI is InChI=1S/C15H19BrO2/c1-2-18-15(17)11-10-14-8-6-13(7-9-14)5-3-4-12-16/h6-11H,2-5,12H2,1H3/b11-10+. The quantitative estimate of drug-likeness (QED) is 0.329. The molecule has 1 aromatic rings. The van der Waals surface area contributed by atoms with Gasteiger partial charge in [0, 0.05) is 11.4 Å². The van der Waals surface area contributed by atoms with E-state index in [1.54, 1.807) is 13.0 Å². The third-order valence-electron chi connectivity index (χ3n) is 2.53. The van der Waals surface area contributed by atoms with E-state index < -0.39 is 0 Å². The number of aryl methyl sites for hydroxylation is 1. The van der Waals surface area contributed by atoms with Crippen LogP contribution in [0.15, 0.2) is 30.3 Å². The highest BCUT2D eigenvalue weighted by molar-refractivity contribution is 9.09. The van der Waals surface area contributed by atoms with Crippen LogP contribution >= 0.6 is 15.9 Å². The van der Waals surface area contributed by atoms with E-state index in [0.29, 0.717) is 6.61 Å². The fourth-order valence-corrected chi connectivity index (χ4v) is 1.97. The van der Waals surface area contributed by atoms with Gasteiger partial charge in [-0.25, -0.2) is 4.79 Å². The second kappa shape index (κ2) is 8.92. The maximum absolute atomic E-state index is 11.1. The number of halogens is 1. The van der Waals surface area contributed by atoms with Crippen LogP contribution in [0.5, 0.6) is 0 Å². The maximum Gasteiger partial charge on any atom is 0.330 e. The van der Waals surface area contributed by atoms with Crippen molar-refractivity contribution in [3.8, 4) is 0 Å². The van der Waals surface area contributed by atoms with Gasteiger partial charge in [0.05, 0.1) is 6.61 Å². The Bertz CT molecular complexity index is 382. The molecule has 3 heteroatoms. The number of benzene rings is 1. The molecule has 2 nitrogen and oxygen atoms in total. The van der Waals surface area contributed by atoms with Crippen molar-refractivity contribution >= 4 is 28.0 Å². The molecule has 0 bridgehead atoms. The molecule has 1 aromatic carbocycles. The van der Waals surface area contributed by atoms with Crippen molar-refractivity contribution in [2.75, 3.05) is 11.9 Å². The molecule has 0 aliphatic carbocycles. The number of carbonyl (C=O) groups is 1. The third-order valence-corrected chi connectivity index (χ3v) is 3.09. The van der Waals surface area contributed by atoms with Gasteiger partial charge in [-0.15, -0.1) is 0 Å². The Labute approximate surface area is 117 Å². The van der Waals surface area contributed by atoms with E-state index in [9.17, 15) is 4.79 Å². The van der Waals surface area contributed by atoms with Crippen LogP contribution in [0.2, 0.25) is 0 Å². The van der Waals surface area contributed by atoms with Crippen LogP contribution in [-0.2, 0) is 16.0 Å². The van der Waals surface area contributed by atoms with Gasteiger partial charge in [-0.1, -0.05) is 40.2 Å². The monoisotopic (exact) mass is 310 g/mol. The lowest BCUT2D eigenvalue weighted by atomic mass is 10.1. The van der Waals surface area contributed by atoms with Crippen LogP contribution in [0.3, 0.4) is 0 Å². The maximum atomic E-state index is 11.1. The number of carbonyl (C=O) groups excluding carboxylic acids is 1. The molecule has 98 valence electrons. The molecule has 0 saturated heterocycles. The fraction of sp³-hybridized carbons (Fsp3) is 0.400. The Morgan fingerprint density at radius 1 is 1.28 bits per heavy atom. The first-order valence-corrected chi connectivity index (χ1v) is 7.38. The molecule has 0 aromatic heterocycles. The van der Waals surface area contributed by atoms with Crippen LogP contribution in [0.25, 0.3) is 6.08 Å². The average molecular weight is 311 g/mol. The smallest absolute Gasteiger partial charge is 0.330 e. The van der Waals surface area contributed by atoms with E-state index >= 15 is 0 Å². The summed E-state index contributed by atoms with van der Waals surface area (Å²) in [5.74, 6) is -0.293. The van der Waals surface area contributed by atoms with E-state index in [1.807, 2.05) is 12.1 Å². The second-order valence-electron chi connectivity index (χ2n) is 3.97. The van der Waals surface area contributed by atoms with Crippen molar-refractivity contribution in [3.63, 3.8) is 0 Å². The topological polar surface area (TPSA) is 26.3 Å². The molecule has 0 saturated carbocycles. The Kier molecular flexibility index (Phi) is 7.42. The van der Waals surface area contributed by atoms with E-state index in [2.05, 4.69) is 28.1 Å². The van der Waals surface area contributed by atoms with E-state index in [4.69, 9.17) is 4.74 Å². The lowest BCUT2D eigenvalue weighted by Gasteiger charge is -2.01.